The Morgan fingerprint density at radius 3 is 2.57 bits per heavy atom. The van der Waals surface area contributed by atoms with Crippen LogP contribution in [0.15, 0.2) is 30.6 Å². The molecule has 0 saturated carbocycles. The molecule has 110 valence electrons. The van der Waals surface area contributed by atoms with E-state index in [0.29, 0.717) is 11.5 Å². The largest absolute Gasteiger partial charge is 0.368 e. The first-order valence-electron chi connectivity index (χ1n) is 6.93. The predicted molar refractivity (Wildman–Crippen MR) is 84.7 cm³/mol. The minimum absolute atomic E-state index is 0.240. The fourth-order valence-electron chi connectivity index (χ4n) is 2.00. The topological polar surface area (TPSA) is 66.9 Å². The van der Waals surface area contributed by atoms with Crippen molar-refractivity contribution in [1.29, 1.82) is 0 Å². The maximum Gasteiger partial charge on any atom is 0.274 e. The number of hydrogen-bond acceptors (Lipinski definition) is 4. The molecule has 21 heavy (non-hydrogen) atoms. The van der Waals surface area contributed by atoms with Crippen LogP contribution in [-0.4, -0.2) is 21.9 Å². The lowest BCUT2D eigenvalue weighted by atomic mass is 10.1. The maximum absolute atomic E-state index is 12.3. The van der Waals surface area contributed by atoms with Gasteiger partial charge >= 0.3 is 0 Å². The first-order valence-corrected chi connectivity index (χ1v) is 6.93. The van der Waals surface area contributed by atoms with E-state index in [1.54, 1.807) is 6.07 Å². The van der Waals surface area contributed by atoms with E-state index in [-0.39, 0.29) is 11.9 Å². The highest BCUT2D eigenvalue weighted by Crippen LogP contribution is 2.17. The maximum atomic E-state index is 12.3. The van der Waals surface area contributed by atoms with Gasteiger partial charge in [0.15, 0.2) is 0 Å². The summed E-state index contributed by atoms with van der Waals surface area (Å²) in [4.78, 5) is 20.4. The highest BCUT2D eigenvalue weighted by molar-refractivity contribution is 6.03. The molecule has 1 aromatic heterocycles. The summed E-state index contributed by atoms with van der Waals surface area (Å²) in [6, 6.07) is 7.79. The van der Waals surface area contributed by atoms with E-state index < -0.39 is 0 Å². The van der Waals surface area contributed by atoms with Crippen LogP contribution in [0.3, 0.4) is 0 Å². The van der Waals surface area contributed by atoms with E-state index >= 15 is 0 Å². The zero-order chi connectivity index (χ0) is 15.4. The van der Waals surface area contributed by atoms with Crippen molar-refractivity contribution in [2.45, 2.75) is 33.7 Å². The number of aryl methyl sites for hydroxylation is 2. The Morgan fingerprint density at radius 2 is 1.90 bits per heavy atom. The van der Waals surface area contributed by atoms with Crippen molar-refractivity contribution in [2.24, 2.45) is 0 Å². The smallest absolute Gasteiger partial charge is 0.274 e. The summed E-state index contributed by atoms with van der Waals surface area (Å²) in [5, 5.41) is 6.03. The molecule has 0 aliphatic rings. The number of nitrogens with zero attached hydrogens (tertiary/aromatic N) is 2. The molecule has 0 saturated heterocycles. The van der Waals surface area contributed by atoms with Gasteiger partial charge in [0.2, 0.25) is 0 Å². The highest BCUT2D eigenvalue weighted by Gasteiger charge is 2.10. The highest BCUT2D eigenvalue weighted by atomic mass is 16.1. The van der Waals surface area contributed by atoms with Gasteiger partial charge in [0.1, 0.15) is 17.8 Å². The van der Waals surface area contributed by atoms with Crippen molar-refractivity contribution in [1.82, 2.24) is 9.97 Å². The summed E-state index contributed by atoms with van der Waals surface area (Å²) in [5.74, 6) is 0.405. The molecule has 1 amide bonds. The standard InChI is InChI=1S/C16H20N4O/c1-10(2)19-15-8-14(17-9-18-15)16(21)20-13-6-5-11(3)7-12(13)4/h5-10H,1-4H3,(H,20,21)(H,17,18,19). The Morgan fingerprint density at radius 1 is 1.14 bits per heavy atom. The lowest BCUT2D eigenvalue weighted by Crippen LogP contribution is -2.17. The minimum Gasteiger partial charge on any atom is -0.368 e. The van der Waals surface area contributed by atoms with Gasteiger partial charge in [0, 0.05) is 17.8 Å². The molecule has 2 N–H and O–H groups in total. The molecule has 0 spiro atoms. The van der Waals surface area contributed by atoms with Crippen LogP contribution in [0.5, 0.6) is 0 Å². The third-order valence-electron chi connectivity index (χ3n) is 2.97. The molecule has 0 unspecified atom stereocenters. The number of hydrogen-bond donors (Lipinski definition) is 2. The summed E-state index contributed by atoms with van der Waals surface area (Å²) in [5.41, 5.74) is 3.32. The fourth-order valence-corrected chi connectivity index (χ4v) is 2.00. The molecule has 2 aromatic rings. The summed E-state index contributed by atoms with van der Waals surface area (Å²) in [7, 11) is 0. The number of carbonyl (C=O) groups is 1. The molecular formula is C16H20N4O. The van der Waals surface area contributed by atoms with Gasteiger partial charge in [-0.05, 0) is 39.3 Å². The van der Waals surface area contributed by atoms with Crippen molar-refractivity contribution < 1.29 is 4.79 Å². The van der Waals surface area contributed by atoms with Gasteiger partial charge in [-0.25, -0.2) is 9.97 Å². The average molecular weight is 284 g/mol. The molecule has 1 aromatic carbocycles. The lowest BCUT2D eigenvalue weighted by Gasteiger charge is -2.11. The fraction of sp³-hybridized carbons (Fsp3) is 0.312. The molecule has 1 heterocycles. The van der Waals surface area contributed by atoms with Crippen LogP contribution in [0.1, 0.15) is 35.5 Å². The van der Waals surface area contributed by atoms with E-state index in [2.05, 4.69) is 20.6 Å². The zero-order valence-electron chi connectivity index (χ0n) is 12.8. The van der Waals surface area contributed by atoms with Crippen molar-refractivity contribution in [3.05, 3.63) is 47.4 Å². The number of carbonyl (C=O) groups excluding carboxylic acids is 1. The predicted octanol–water partition coefficient (Wildman–Crippen LogP) is 3.17. The third kappa shape index (κ3) is 4.02. The van der Waals surface area contributed by atoms with Crippen LogP contribution >= 0.6 is 0 Å². The third-order valence-corrected chi connectivity index (χ3v) is 2.97. The second kappa shape index (κ2) is 6.35. The molecule has 0 bridgehead atoms. The first-order chi connectivity index (χ1) is 9.95. The monoisotopic (exact) mass is 284 g/mol. The number of anilines is 2. The molecule has 0 atom stereocenters. The van der Waals surface area contributed by atoms with Gasteiger partial charge in [-0.15, -0.1) is 0 Å². The molecule has 5 heteroatoms. The minimum atomic E-state index is -0.240. The van der Waals surface area contributed by atoms with E-state index in [4.69, 9.17) is 0 Å². The van der Waals surface area contributed by atoms with Crippen LogP contribution in [0.4, 0.5) is 11.5 Å². The number of benzene rings is 1. The number of rotatable bonds is 4. The van der Waals surface area contributed by atoms with Crippen LogP contribution in [0.25, 0.3) is 0 Å². The zero-order valence-corrected chi connectivity index (χ0v) is 12.8. The van der Waals surface area contributed by atoms with Gasteiger partial charge in [-0.3, -0.25) is 4.79 Å². The van der Waals surface area contributed by atoms with Crippen LogP contribution in [0, 0.1) is 13.8 Å². The SMILES string of the molecule is Cc1ccc(NC(=O)c2cc(NC(C)C)ncn2)c(C)c1. The van der Waals surface area contributed by atoms with Gasteiger partial charge in [0.05, 0.1) is 0 Å². The molecule has 5 nitrogen and oxygen atoms in total. The van der Waals surface area contributed by atoms with E-state index in [1.807, 2.05) is 45.9 Å². The Bertz CT molecular complexity index is 652. The summed E-state index contributed by atoms with van der Waals surface area (Å²) < 4.78 is 0. The Balaban J connectivity index is 2.16. The molecular weight excluding hydrogens is 264 g/mol. The van der Waals surface area contributed by atoms with E-state index in [9.17, 15) is 4.79 Å². The van der Waals surface area contributed by atoms with Crippen molar-refractivity contribution >= 4 is 17.4 Å². The number of amides is 1. The summed E-state index contributed by atoms with van der Waals surface area (Å²) in [6.07, 6.45) is 1.39. The lowest BCUT2D eigenvalue weighted by molar-refractivity contribution is 0.102. The van der Waals surface area contributed by atoms with Gasteiger partial charge < -0.3 is 10.6 Å². The molecule has 0 aliphatic heterocycles. The van der Waals surface area contributed by atoms with Crippen molar-refractivity contribution in [2.75, 3.05) is 10.6 Å². The van der Waals surface area contributed by atoms with Crippen LogP contribution < -0.4 is 10.6 Å². The average Bonchev–Trinajstić information content (AvgIpc) is 2.41. The number of nitrogens with one attached hydrogen (secondary N) is 2. The quantitative estimate of drug-likeness (QED) is 0.905. The Hall–Kier alpha value is -2.43. The Labute approximate surface area is 124 Å². The molecule has 0 radical (unpaired) electrons. The van der Waals surface area contributed by atoms with Crippen molar-refractivity contribution in [3.8, 4) is 0 Å². The molecule has 0 fully saturated rings. The van der Waals surface area contributed by atoms with Gasteiger partial charge in [-0.2, -0.15) is 0 Å². The first kappa shape index (κ1) is 15.0. The second-order valence-electron chi connectivity index (χ2n) is 5.36. The normalized spacial score (nSPS) is 10.5. The van der Waals surface area contributed by atoms with E-state index in [0.717, 1.165) is 16.8 Å². The van der Waals surface area contributed by atoms with Crippen LogP contribution in [0.2, 0.25) is 0 Å². The summed E-state index contributed by atoms with van der Waals surface area (Å²) in [6.45, 7) is 8.01. The van der Waals surface area contributed by atoms with Crippen molar-refractivity contribution in [3.63, 3.8) is 0 Å². The Kier molecular flexibility index (Phi) is 4.52. The summed E-state index contributed by atoms with van der Waals surface area (Å²) >= 11 is 0. The number of aromatic nitrogens is 2. The van der Waals surface area contributed by atoms with Gasteiger partial charge in [-0.1, -0.05) is 17.7 Å². The van der Waals surface area contributed by atoms with Gasteiger partial charge in [0.25, 0.3) is 5.91 Å². The second-order valence-corrected chi connectivity index (χ2v) is 5.36. The molecule has 2 rings (SSSR count). The van der Waals surface area contributed by atoms with Crippen LogP contribution in [-0.2, 0) is 0 Å². The van der Waals surface area contributed by atoms with E-state index in [1.165, 1.54) is 6.33 Å². The molecule has 0 aliphatic carbocycles.